The fourth-order valence-corrected chi connectivity index (χ4v) is 2.16. The standard InChI is InChI=1S/C15H18N2O4/c1-10(18)16-7-4-8-17-14(19)13-9-11-5-2-3-6-12(11)15(20)21-13/h2-3,5-6,13H,4,7-9H2,1H3,(H,16,18)(H,17,19). The van der Waals surface area contributed by atoms with Gasteiger partial charge in [0, 0.05) is 26.4 Å². The molecule has 1 aromatic rings. The molecule has 21 heavy (non-hydrogen) atoms. The SMILES string of the molecule is CC(=O)NCCCNC(=O)C1Cc2ccccc2C(=O)O1. The first-order valence-electron chi connectivity index (χ1n) is 6.89. The van der Waals surface area contributed by atoms with Crippen LogP contribution in [0.15, 0.2) is 24.3 Å². The molecule has 0 spiro atoms. The number of ether oxygens (including phenoxy) is 1. The smallest absolute Gasteiger partial charge is 0.339 e. The molecule has 1 aliphatic heterocycles. The van der Waals surface area contributed by atoms with Crippen molar-refractivity contribution in [3.63, 3.8) is 0 Å². The summed E-state index contributed by atoms with van der Waals surface area (Å²) in [5.74, 6) is -0.866. The molecule has 1 heterocycles. The van der Waals surface area contributed by atoms with E-state index in [1.165, 1.54) is 6.92 Å². The average molecular weight is 290 g/mol. The Morgan fingerprint density at radius 1 is 1.24 bits per heavy atom. The fraction of sp³-hybridized carbons (Fsp3) is 0.400. The highest BCUT2D eigenvalue weighted by Crippen LogP contribution is 2.20. The molecule has 6 nitrogen and oxygen atoms in total. The molecule has 0 saturated heterocycles. The van der Waals surface area contributed by atoms with Gasteiger partial charge in [-0.25, -0.2) is 4.79 Å². The zero-order valence-electron chi connectivity index (χ0n) is 11.8. The van der Waals surface area contributed by atoms with Gasteiger partial charge in [0.15, 0.2) is 6.10 Å². The molecule has 0 bridgehead atoms. The van der Waals surface area contributed by atoms with E-state index in [4.69, 9.17) is 4.74 Å². The highest BCUT2D eigenvalue weighted by atomic mass is 16.5. The summed E-state index contributed by atoms with van der Waals surface area (Å²) in [4.78, 5) is 34.5. The van der Waals surface area contributed by atoms with Crippen LogP contribution >= 0.6 is 0 Å². The summed E-state index contributed by atoms with van der Waals surface area (Å²) < 4.78 is 5.15. The van der Waals surface area contributed by atoms with Gasteiger partial charge in [0.2, 0.25) is 5.91 Å². The number of amides is 2. The maximum Gasteiger partial charge on any atom is 0.339 e. The van der Waals surface area contributed by atoms with Gasteiger partial charge in [0.25, 0.3) is 5.91 Å². The van der Waals surface area contributed by atoms with Crippen LogP contribution in [-0.2, 0) is 20.7 Å². The van der Waals surface area contributed by atoms with Crippen molar-refractivity contribution < 1.29 is 19.1 Å². The molecule has 1 unspecified atom stereocenters. The summed E-state index contributed by atoms with van der Waals surface area (Å²) in [6.07, 6.45) is 0.232. The number of hydrogen-bond acceptors (Lipinski definition) is 4. The van der Waals surface area contributed by atoms with Crippen LogP contribution in [0, 0.1) is 0 Å². The number of benzene rings is 1. The summed E-state index contributed by atoms with van der Waals surface area (Å²) >= 11 is 0. The molecule has 2 N–H and O–H groups in total. The number of cyclic esters (lactones) is 1. The van der Waals surface area contributed by atoms with Gasteiger partial charge in [-0.1, -0.05) is 18.2 Å². The third-order valence-electron chi connectivity index (χ3n) is 3.21. The Hall–Kier alpha value is -2.37. The number of carbonyl (C=O) groups excluding carboxylic acids is 3. The first kappa shape index (κ1) is 15.0. The van der Waals surface area contributed by atoms with E-state index in [1.54, 1.807) is 12.1 Å². The zero-order valence-corrected chi connectivity index (χ0v) is 11.8. The lowest BCUT2D eigenvalue weighted by atomic mass is 9.98. The van der Waals surface area contributed by atoms with Gasteiger partial charge in [-0.3, -0.25) is 9.59 Å². The van der Waals surface area contributed by atoms with Crippen molar-refractivity contribution in [2.45, 2.75) is 25.9 Å². The lowest BCUT2D eigenvalue weighted by molar-refractivity contribution is -0.130. The maximum atomic E-state index is 12.0. The van der Waals surface area contributed by atoms with E-state index in [0.717, 1.165) is 5.56 Å². The van der Waals surface area contributed by atoms with E-state index < -0.39 is 12.1 Å². The highest BCUT2D eigenvalue weighted by molar-refractivity contribution is 5.95. The molecular weight excluding hydrogens is 272 g/mol. The molecule has 0 radical (unpaired) electrons. The largest absolute Gasteiger partial charge is 0.448 e. The number of nitrogens with one attached hydrogen (secondary N) is 2. The monoisotopic (exact) mass is 290 g/mol. The number of hydrogen-bond donors (Lipinski definition) is 2. The molecule has 2 rings (SSSR count). The van der Waals surface area contributed by atoms with Crippen LogP contribution < -0.4 is 10.6 Å². The average Bonchev–Trinajstić information content (AvgIpc) is 2.46. The molecule has 1 aliphatic rings. The minimum Gasteiger partial charge on any atom is -0.448 e. The Labute approximate surface area is 122 Å². The van der Waals surface area contributed by atoms with Crippen LogP contribution in [0.1, 0.15) is 29.3 Å². The Bertz CT molecular complexity index is 556. The molecule has 2 amide bonds. The highest BCUT2D eigenvalue weighted by Gasteiger charge is 2.30. The maximum absolute atomic E-state index is 12.0. The van der Waals surface area contributed by atoms with Crippen molar-refractivity contribution in [2.75, 3.05) is 13.1 Å². The van der Waals surface area contributed by atoms with Crippen molar-refractivity contribution >= 4 is 17.8 Å². The van der Waals surface area contributed by atoms with E-state index in [1.807, 2.05) is 12.1 Å². The molecule has 1 aromatic carbocycles. The van der Waals surface area contributed by atoms with Crippen LogP contribution in [0.3, 0.4) is 0 Å². The summed E-state index contributed by atoms with van der Waals surface area (Å²) in [6, 6.07) is 7.12. The van der Waals surface area contributed by atoms with E-state index in [2.05, 4.69) is 10.6 Å². The van der Waals surface area contributed by atoms with Gasteiger partial charge in [0.1, 0.15) is 0 Å². The molecule has 0 saturated carbocycles. The van der Waals surface area contributed by atoms with Gasteiger partial charge in [-0.05, 0) is 18.1 Å². The molecule has 112 valence electrons. The van der Waals surface area contributed by atoms with Gasteiger partial charge >= 0.3 is 5.97 Å². The number of esters is 1. The van der Waals surface area contributed by atoms with Crippen LogP contribution in [-0.4, -0.2) is 37.0 Å². The fourth-order valence-electron chi connectivity index (χ4n) is 2.16. The van der Waals surface area contributed by atoms with Crippen molar-refractivity contribution in [1.29, 1.82) is 0 Å². The van der Waals surface area contributed by atoms with E-state index >= 15 is 0 Å². The normalized spacial score (nSPS) is 16.6. The van der Waals surface area contributed by atoms with Gasteiger partial charge < -0.3 is 15.4 Å². The Kier molecular flexibility index (Phi) is 4.92. The molecule has 0 aliphatic carbocycles. The zero-order chi connectivity index (χ0) is 15.2. The summed E-state index contributed by atoms with van der Waals surface area (Å²) in [5, 5.41) is 5.35. The van der Waals surface area contributed by atoms with Gasteiger partial charge in [0.05, 0.1) is 5.56 Å². The molecular formula is C15H18N2O4. The number of fused-ring (bicyclic) bond motifs is 1. The Morgan fingerprint density at radius 2 is 1.95 bits per heavy atom. The Morgan fingerprint density at radius 3 is 2.71 bits per heavy atom. The quantitative estimate of drug-likeness (QED) is 0.607. The second-order valence-corrected chi connectivity index (χ2v) is 4.88. The topological polar surface area (TPSA) is 84.5 Å². The van der Waals surface area contributed by atoms with E-state index in [0.29, 0.717) is 31.5 Å². The van der Waals surface area contributed by atoms with Gasteiger partial charge in [-0.15, -0.1) is 0 Å². The van der Waals surface area contributed by atoms with Crippen LogP contribution in [0.5, 0.6) is 0 Å². The lowest BCUT2D eigenvalue weighted by Crippen LogP contribution is -2.42. The minimum atomic E-state index is -0.784. The van der Waals surface area contributed by atoms with Crippen LogP contribution in [0.2, 0.25) is 0 Å². The predicted octanol–water partition coefficient (Wildman–Crippen LogP) is 0.410. The minimum absolute atomic E-state index is 0.0980. The van der Waals surface area contributed by atoms with Crippen LogP contribution in [0.4, 0.5) is 0 Å². The first-order valence-corrected chi connectivity index (χ1v) is 6.89. The molecule has 1 atom stereocenters. The molecule has 6 heteroatoms. The Balaban J connectivity index is 1.82. The summed E-state index contributed by atoms with van der Waals surface area (Å²) in [6.45, 7) is 2.37. The predicted molar refractivity (Wildman–Crippen MR) is 75.7 cm³/mol. The third-order valence-corrected chi connectivity index (χ3v) is 3.21. The second-order valence-electron chi connectivity index (χ2n) is 4.88. The lowest BCUT2D eigenvalue weighted by Gasteiger charge is -2.23. The summed E-state index contributed by atoms with van der Waals surface area (Å²) in [7, 11) is 0. The van der Waals surface area contributed by atoms with Crippen molar-refractivity contribution in [3.8, 4) is 0 Å². The van der Waals surface area contributed by atoms with Crippen molar-refractivity contribution in [1.82, 2.24) is 10.6 Å². The van der Waals surface area contributed by atoms with Crippen molar-refractivity contribution in [3.05, 3.63) is 35.4 Å². The molecule has 0 fully saturated rings. The van der Waals surface area contributed by atoms with E-state index in [9.17, 15) is 14.4 Å². The second kappa shape index (κ2) is 6.88. The first-order chi connectivity index (χ1) is 10.1. The third kappa shape index (κ3) is 4.05. The summed E-state index contributed by atoms with van der Waals surface area (Å²) in [5.41, 5.74) is 1.35. The van der Waals surface area contributed by atoms with Gasteiger partial charge in [-0.2, -0.15) is 0 Å². The van der Waals surface area contributed by atoms with Crippen molar-refractivity contribution in [2.24, 2.45) is 0 Å². The van der Waals surface area contributed by atoms with E-state index in [-0.39, 0.29) is 11.8 Å². The van der Waals surface area contributed by atoms with Crippen LogP contribution in [0.25, 0.3) is 0 Å². The number of rotatable bonds is 5. The molecule has 0 aromatic heterocycles. The number of carbonyl (C=O) groups is 3.